The molecular formula is C15H13N3O2S2. The van der Waals surface area contributed by atoms with Crippen LogP contribution in [0.15, 0.2) is 29.4 Å². The fraction of sp³-hybridized carbons (Fsp3) is 0.267. The number of hydrogen-bond acceptors (Lipinski definition) is 5. The molecule has 0 bridgehead atoms. The van der Waals surface area contributed by atoms with E-state index in [2.05, 4.69) is 11.4 Å². The summed E-state index contributed by atoms with van der Waals surface area (Å²) >= 11 is 2.67. The largest absolute Gasteiger partial charge is 0.618 e. The van der Waals surface area contributed by atoms with Crippen LogP contribution in [0.5, 0.6) is 0 Å². The van der Waals surface area contributed by atoms with Crippen molar-refractivity contribution < 1.29 is 9.52 Å². The molecule has 112 valence electrons. The van der Waals surface area contributed by atoms with Gasteiger partial charge in [0.15, 0.2) is 6.20 Å². The zero-order chi connectivity index (χ0) is 15.5. The van der Waals surface area contributed by atoms with E-state index in [-0.39, 0.29) is 11.7 Å². The summed E-state index contributed by atoms with van der Waals surface area (Å²) in [5.41, 5.74) is 1.70. The third-order valence-corrected chi connectivity index (χ3v) is 5.65. The molecule has 0 aromatic carbocycles. The highest BCUT2D eigenvalue weighted by atomic mass is 32.2. The van der Waals surface area contributed by atoms with Crippen LogP contribution in [0.4, 0.5) is 5.00 Å². The molecule has 0 atom stereocenters. The lowest BCUT2D eigenvalue weighted by molar-refractivity contribution is -0.645. The molecule has 0 unspecified atom stereocenters. The fourth-order valence-electron chi connectivity index (χ4n) is 2.44. The van der Waals surface area contributed by atoms with Gasteiger partial charge in [-0.1, -0.05) is 0 Å². The number of carbonyl (C=O) groups excluding carboxylic acids is 1. The Morgan fingerprint density at radius 2 is 2.36 bits per heavy atom. The molecule has 0 fully saturated rings. The average molecular weight is 331 g/mol. The van der Waals surface area contributed by atoms with E-state index in [4.69, 9.17) is 0 Å². The van der Waals surface area contributed by atoms with Crippen LogP contribution in [0.1, 0.15) is 22.4 Å². The number of nitrogens with zero attached hydrogens (tertiary/aromatic N) is 2. The van der Waals surface area contributed by atoms with Crippen LogP contribution in [-0.4, -0.2) is 11.7 Å². The monoisotopic (exact) mass is 331 g/mol. The maximum atomic E-state index is 12.0. The highest BCUT2D eigenvalue weighted by Crippen LogP contribution is 2.38. The number of thiophene rings is 1. The molecule has 2 aromatic rings. The number of anilines is 1. The highest BCUT2D eigenvalue weighted by Gasteiger charge is 2.23. The molecule has 1 aliphatic carbocycles. The number of pyridine rings is 1. The number of hydrogen-bond donors (Lipinski definition) is 1. The van der Waals surface area contributed by atoms with E-state index >= 15 is 0 Å². The lowest BCUT2D eigenvalue weighted by Crippen LogP contribution is -2.28. The third kappa shape index (κ3) is 2.93. The predicted octanol–water partition coefficient (Wildman–Crippen LogP) is 2.47. The molecule has 3 rings (SSSR count). The van der Waals surface area contributed by atoms with E-state index in [1.54, 1.807) is 18.2 Å². The molecule has 2 aromatic heterocycles. The smallest absolute Gasteiger partial charge is 0.251 e. The maximum absolute atomic E-state index is 12.0. The Hall–Kier alpha value is -2.04. The molecule has 2 heterocycles. The molecule has 0 radical (unpaired) electrons. The summed E-state index contributed by atoms with van der Waals surface area (Å²) in [6.45, 7) is 0. The SMILES string of the molecule is N#Cc1c(NC(=O)CSc2cccc[n+]2[O-])sc2c1CCC2. The van der Waals surface area contributed by atoms with Gasteiger partial charge in [-0.25, -0.2) is 0 Å². The summed E-state index contributed by atoms with van der Waals surface area (Å²) in [6.07, 6.45) is 4.38. The van der Waals surface area contributed by atoms with E-state index in [1.807, 2.05) is 0 Å². The standard InChI is InChI=1S/C15H13N3O2S2/c16-8-11-10-4-3-5-12(10)22-15(11)17-13(19)9-21-14-6-1-2-7-18(14)20/h1-2,6-7H,3-5,9H2,(H,17,19). The first kappa shape index (κ1) is 14.9. The maximum Gasteiger partial charge on any atom is 0.251 e. The molecule has 1 amide bonds. The van der Waals surface area contributed by atoms with Crippen molar-refractivity contribution in [2.24, 2.45) is 0 Å². The minimum atomic E-state index is -0.203. The summed E-state index contributed by atoms with van der Waals surface area (Å²) in [4.78, 5) is 13.3. The molecule has 1 aliphatic rings. The van der Waals surface area contributed by atoms with Gasteiger partial charge in [-0.2, -0.15) is 9.99 Å². The minimum absolute atomic E-state index is 0.139. The lowest BCUT2D eigenvalue weighted by atomic mass is 10.1. The van der Waals surface area contributed by atoms with Gasteiger partial charge < -0.3 is 10.5 Å². The van der Waals surface area contributed by atoms with Crippen molar-refractivity contribution in [3.05, 3.63) is 45.6 Å². The Bertz CT molecular complexity index is 765. The number of fused-ring (bicyclic) bond motifs is 1. The van der Waals surface area contributed by atoms with E-state index in [1.165, 1.54) is 34.2 Å². The van der Waals surface area contributed by atoms with Crippen molar-refractivity contribution in [3.63, 3.8) is 0 Å². The topological polar surface area (TPSA) is 79.8 Å². The Balaban J connectivity index is 1.66. The third-order valence-electron chi connectivity index (χ3n) is 3.43. The van der Waals surface area contributed by atoms with Crippen molar-refractivity contribution >= 4 is 34.0 Å². The molecule has 0 spiro atoms. The second-order valence-electron chi connectivity index (χ2n) is 4.87. The number of carbonyl (C=O) groups is 1. The number of nitrogens with one attached hydrogen (secondary N) is 1. The van der Waals surface area contributed by atoms with Gasteiger partial charge in [0.1, 0.15) is 11.1 Å². The number of amides is 1. The number of aryl methyl sites for hydroxylation is 1. The minimum Gasteiger partial charge on any atom is -0.618 e. The van der Waals surface area contributed by atoms with Crippen LogP contribution >= 0.6 is 23.1 Å². The molecule has 7 heteroatoms. The molecular weight excluding hydrogens is 318 g/mol. The number of thioether (sulfide) groups is 1. The molecule has 0 saturated heterocycles. The zero-order valence-electron chi connectivity index (χ0n) is 11.7. The van der Waals surface area contributed by atoms with Crippen LogP contribution in [0.25, 0.3) is 0 Å². The van der Waals surface area contributed by atoms with Crippen LogP contribution in [0, 0.1) is 16.5 Å². The van der Waals surface area contributed by atoms with Gasteiger partial charge in [0.2, 0.25) is 5.91 Å². The van der Waals surface area contributed by atoms with Crippen LogP contribution in [0.2, 0.25) is 0 Å². The lowest BCUT2D eigenvalue weighted by Gasteiger charge is -2.04. The predicted molar refractivity (Wildman–Crippen MR) is 85.8 cm³/mol. The summed E-state index contributed by atoms with van der Waals surface area (Å²) in [7, 11) is 0. The first-order valence-electron chi connectivity index (χ1n) is 6.84. The zero-order valence-corrected chi connectivity index (χ0v) is 13.3. The van der Waals surface area contributed by atoms with Crippen molar-refractivity contribution in [3.8, 4) is 6.07 Å². The number of rotatable bonds is 4. The molecule has 22 heavy (non-hydrogen) atoms. The quantitative estimate of drug-likeness (QED) is 0.530. The Morgan fingerprint density at radius 1 is 1.50 bits per heavy atom. The molecule has 0 aliphatic heterocycles. The van der Waals surface area contributed by atoms with Gasteiger partial charge in [0.25, 0.3) is 5.03 Å². The first-order chi connectivity index (χ1) is 10.7. The van der Waals surface area contributed by atoms with Gasteiger partial charge in [0, 0.05) is 17.0 Å². The number of aromatic nitrogens is 1. The molecule has 1 N–H and O–H groups in total. The van der Waals surface area contributed by atoms with E-state index < -0.39 is 0 Å². The fourth-order valence-corrected chi connectivity index (χ4v) is 4.41. The van der Waals surface area contributed by atoms with Gasteiger partial charge in [-0.15, -0.1) is 11.3 Å². The van der Waals surface area contributed by atoms with Gasteiger partial charge in [0.05, 0.1) is 11.3 Å². The van der Waals surface area contributed by atoms with E-state index in [9.17, 15) is 15.3 Å². The molecule has 5 nitrogen and oxygen atoms in total. The van der Waals surface area contributed by atoms with Crippen LogP contribution < -0.4 is 10.0 Å². The van der Waals surface area contributed by atoms with Crippen LogP contribution in [-0.2, 0) is 17.6 Å². The van der Waals surface area contributed by atoms with Crippen molar-refractivity contribution in [2.45, 2.75) is 24.3 Å². The van der Waals surface area contributed by atoms with Crippen molar-refractivity contribution in [2.75, 3.05) is 11.1 Å². The number of nitriles is 1. The Morgan fingerprint density at radius 3 is 3.14 bits per heavy atom. The summed E-state index contributed by atoms with van der Waals surface area (Å²) < 4.78 is 0.734. The average Bonchev–Trinajstić information content (AvgIpc) is 3.06. The van der Waals surface area contributed by atoms with Crippen molar-refractivity contribution in [1.29, 1.82) is 5.26 Å². The van der Waals surface area contributed by atoms with E-state index in [0.717, 1.165) is 29.6 Å². The summed E-state index contributed by atoms with van der Waals surface area (Å²) in [5, 5.41) is 24.7. The van der Waals surface area contributed by atoms with E-state index in [0.29, 0.717) is 15.6 Å². The summed E-state index contributed by atoms with van der Waals surface area (Å²) in [6, 6.07) is 7.27. The van der Waals surface area contributed by atoms with Gasteiger partial charge in [-0.05, 0) is 42.7 Å². The Kier molecular flexibility index (Phi) is 4.32. The first-order valence-corrected chi connectivity index (χ1v) is 8.64. The Labute approximate surface area is 136 Å². The second-order valence-corrected chi connectivity index (χ2v) is 6.98. The van der Waals surface area contributed by atoms with Gasteiger partial charge in [-0.3, -0.25) is 4.79 Å². The van der Waals surface area contributed by atoms with Crippen LogP contribution in [0.3, 0.4) is 0 Å². The molecule has 0 saturated carbocycles. The highest BCUT2D eigenvalue weighted by molar-refractivity contribution is 7.99. The van der Waals surface area contributed by atoms with Gasteiger partial charge >= 0.3 is 0 Å². The summed E-state index contributed by atoms with van der Waals surface area (Å²) in [5.74, 6) is -0.0649. The normalized spacial score (nSPS) is 12.7. The van der Waals surface area contributed by atoms with Crippen molar-refractivity contribution in [1.82, 2.24) is 0 Å². The second kappa shape index (κ2) is 6.38.